The van der Waals surface area contributed by atoms with Crippen molar-refractivity contribution in [3.8, 4) is 0 Å². The Balaban J connectivity index is 3.75. The number of ether oxygens (including phenoxy) is 1. The van der Waals surface area contributed by atoms with Crippen molar-refractivity contribution in [3.05, 3.63) is 0 Å². The van der Waals surface area contributed by atoms with Gasteiger partial charge in [0.1, 0.15) is 0 Å². The van der Waals surface area contributed by atoms with Gasteiger partial charge in [-0.2, -0.15) is 13.2 Å². The minimum Gasteiger partial charge on any atom is -0.380 e. The zero-order valence-corrected chi connectivity index (χ0v) is 10.8. The van der Waals surface area contributed by atoms with Gasteiger partial charge in [0.25, 0.3) is 0 Å². The Morgan fingerprint density at radius 1 is 1.18 bits per heavy atom. The molecule has 1 unspecified atom stereocenters. The van der Waals surface area contributed by atoms with E-state index in [4.69, 9.17) is 4.74 Å². The molecule has 1 atom stereocenters. The van der Waals surface area contributed by atoms with Crippen LogP contribution in [0.5, 0.6) is 0 Å². The van der Waals surface area contributed by atoms with Gasteiger partial charge in [-0.15, -0.1) is 0 Å². The van der Waals surface area contributed by atoms with Crippen LogP contribution in [0.1, 0.15) is 46.0 Å². The molecule has 0 aromatic carbocycles. The zero-order chi connectivity index (χ0) is 13.1. The van der Waals surface area contributed by atoms with Crippen molar-refractivity contribution in [3.63, 3.8) is 0 Å². The summed E-state index contributed by atoms with van der Waals surface area (Å²) in [6.45, 7) is 6.05. The second kappa shape index (κ2) is 9.71. The van der Waals surface area contributed by atoms with Crippen LogP contribution in [-0.4, -0.2) is 32.0 Å². The molecule has 5 heteroatoms. The summed E-state index contributed by atoms with van der Waals surface area (Å²) in [5, 5.41) is 3.22. The van der Waals surface area contributed by atoms with E-state index in [1.807, 2.05) is 13.8 Å². The molecule has 0 radical (unpaired) electrons. The average molecular weight is 255 g/mol. The van der Waals surface area contributed by atoms with Crippen molar-refractivity contribution in [2.24, 2.45) is 0 Å². The van der Waals surface area contributed by atoms with Crippen LogP contribution >= 0.6 is 0 Å². The van der Waals surface area contributed by atoms with E-state index in [1.165, 1.54) is 0 Å². The van der Waals surface area contributed by atoms with E-state index in [0.717, 1.165) is 19.4 Å². The molecule has 0 bridgehead atoms. The number of alkyl halides is 3. The highest BCUT2D eigenvalue weighted by Gasteiger charge is 2.26. The van der Waals surface area contributed by atoms with E-state index in [9.17, 15) is 13.2 Å². The summed E-state index contributed by atoms with van der Waals surface area (Å²) in [6, 6.07) is 0.0452. The van der Waals surface area contributed by atoms with Gasteiger partial charge < -0.3 is 10.1 Å². The largest absolute Gasteiger partial charge is 0.389 e. The maximum absolute atomic E-state index is 12.0. The third kappa shape index (κ3) is 12.0. The third-order valence-corrected chi connectivity index (χ3v) is 2.36. The minimum absolute atomic E-state index is 0.0452. The maximum Gasteiger partial charge on any atom is 0.389 e. The lowest BCUT2D eigenvalue weighted by Crippen LogP contribution is -2.34. The molecule has 0 aliphatic carbocycles. The lowest BCUT2D eigenvalue weighted by molar-refractivity contribution is -0.136. The Hall–Kier alpha value is -0.290. The fraction of sp³-hybridized carbons (Fsp3) is 1.00. The van der Waals surface area contributed by atoms with Crippen LogP contribution in [0.2, 0.25) is 0 Å². The van der Waals surface area contributed by atoms with Crippen LogP contribution in [0.3, 0.4) is 0 Å². The predicted molar refractivity (Wildman–Crippen MR) is 63.1 cm³/mol. The molecule has 17 heavy (non-hydrogen) atoms. The molecule has 0 saturated heterocycles. The Morgan fingerprint density at radius 2 is 1.88 bits per heavy atom. The maximum atomic E-state index is 12.0. The van der Waals surface area contributed by atoms with Gasteiger partial charge >= 0.3 is 6.18 Å². The Labute approximate surface area is 102 Å². The Bertz CT molecular complexity index is 174. The van der Waals surface area contributed by atoms with Gasteiger partial charge in [0.05, 0.1) is 6.61 Å². The molecule has 2 nitrogen and oxygen atoms in total. The van der Waals surface area contributed by atoms with Crippen molar-refractivity contribution in [1.29, 1.82) is 0 Å². The summed E-state index contributed by atoms with van der Waals surface area (Å²) < 4.78 is 41.4. The van der Waals surface area contributed by atoms with Gasteiger partial charge in [0.2, 0.25) is 0 Å². The van der Waals surface area contributed by atoms with Crippen LogP contribution in [0.25, 0.3) is 0 Å². The van der Waals surface area contributed by atoms with Crippen LogP contribution in [0.15, 0.2) is 0 Å². The molecular weight excluding hydrogens is 231 g/mol. The molecule has 104 valence electrons. The quantitative estimate of drug-likeness (QED) is 0.603. The van der Waals surface area contributed by atoms with E-state index in [1.54, 1.807) is 0 Å². The molecule has 0 aromatic heterocycles. The summed E-state index contributed by atoms with van der Waals surface area (Å²) in [6.07, 6.45) is -2.15. The highest BCUT2D eigenvalue weighted by Crippen LogP contribution is 2.22. The molecule has 0 saturated carbocycles. The molecular formula is C12H24F3NO. The third-order valence-electron chi connectivity index (χ3n) is 2.36. The Morgan fingerprint density at radius 3 is 2.41 bits per heavy atom. The van der Waals surface area contributed by atoms with Crippen molar-refractivity contribution < 1.29 is 17.9 Å². The van der Waals surface area contributed by atoms with E-state index < -0.39 is 12.6 Å². The Kier molecular flexibility index (Phi) is 9.55. The van der Waals surface area contributed by atoms with Gasteiger partial charge in [-0.05, 0) is 32.2 Å². The number of rotatable bonds is 10. The lowest BCUT2D eigenvalue weighted by atomic mass is 10.1. The molecule has 0 aliphatic rings. The summed E-state index contributed by atoms with van der Waals surface area (Å²) in [5.41, 5.74) is 0. The average Bonchev–Trinajstić information content (AvgIpc) is 2.23. The number of halogens is 3. The highest BCUT2D eigenvalue weighted by molar-refractivity contribution is 4.67. The number of nitrogens with one attached hydrogen (secondary N) is 1. The first-order chi connectivity index (χ1) is 7.99. The zero-order valence-electron chi connectivity index (χ0n) is 10.8. The second-order valence-electron chi connectivity index (χ2n) is 4.23. The van der Waals surface area contributed by atoms with Crippen LogP contribution < -0.4 is 5.32 Å². The first-order valence-corrected chi connectivity index (χ1v) is 6.37. The molecule has 1 N–H and O–H groups in total. The molecule has 0 rings (SSSR count). The van der Waals surface area contributed by atoms with Gasteiger partial charge in [0, 0.05) is 19.1 Å². The number of hydrogen-bond donors (Lipinski definition) is 1. The van der Waals surface area contributed by atoms with E-state index in [-0.39, 0.29) is 12.5 Å². The van der Waals surface area contributed by atoms with Crippen LogP contribution in [-0.2, 0) is 4.74 Å². The summed E-state index contributed by atoms with van der Waals surface area (Å²) in [7, 11) is 0. The monoisotopic (exact) mass is 255 g/mol. The van der Waals surface area contributed by atoms with Crippen LogP contribution in [0, 0.1) is 0 Å². The van der Waals surface area contributed by atoms with Crippen LogP contribution in [0.4, 0.5) is 13.2 Å². The van der Waals surface area contributed by atoms with E-state index in [2.05, 4.69) is 5.32 Å². The molecule has 0 fully saturated rings. The fourth-order valence-electron chi connectivity index (χ4n) is 1.51. The summed E-state index contributed by atoms with van der Waals surface area (Å²) >= 11 is 0. The molecule has 0 amide bonds. The first kappa shape index (κ1) is 16.7. The van der Waals surface area contributed by atoms with Gasteiger partial charge in [-0.1, -0.05) is 13.8 Å². The molecule has 0 aliphatic heterocycles. The SMILES string of the molecule is CCCNC(CCCC(F)(F)F)COCCC. The molecule has 0 heterocycles. The van der Waals surface area contributed by atoms with Crippen molar-refractivity contribution in [2.45, 2.75) is 58.2 Å². The minimum atomic E-state index is -4.04. The van der Waals surface area contributed by atoms with Crippen molar-refractivity contribution >= 4 is 0 Å². The van der Waals surface area contributed by atoms with Gasteiger partial charge in [0.15, 0.2) is 0 Å². The highest BCUT2D eigenvalue weighted by atomic mass is 19.4. The normalized spacial score (nSPS) is 13.9. The number of hydrogen-bond acceptors (Lipinski definition) is 2. The van der Waals surface area contributed by atoms with Gasteiger partial charge in [-0.25, -0.2) is 0 Å². The smallest absolute Gasteiger partial charge is 0.380 e. The first-order valence-electron chi connectivity index (χ1n) is 6.37. The summed E-state index contributed by atoms with van der Waals surface area (Å²) in [4.78, 5) is 0. The topological polar surface area (TPSA) is 21.3 Å². The molecule has 0 aromatic rings. The second-order valence-corrected chi connectivity index (χ2v) is 4.23. The lowest BCUT2D eigenvalue weighted by Gasteiger charge is -2.18. The standard InChI is InChI=1S/C12H24F3NO/c1-3-8-16-11(10-17-9-4-2)6-5-7-12(13,14)15/h11,16H,3-10H2,1-2H3. The molecule has 0 spiro atoms. The predicted octanol–water partition coefficient (Wildman–Crippen LogP) is 3.51. The van der Waals surface area contributed by atoms with Gasteiger partial charge in [-0.3, -0.25) is 0 Å². The van der Waals surface area contributed by atoms with Crippen molar-refractivity contribution in [1.82, 2.24) is 5.32 Å². The fourth-order valence-corrected chi connectivity index (χ4v) is 1.51. The van der Waals surface area contributed by atoms with E-state index in [0.29, 0.717) is 19.6 Å². The summed E-state index contributed by atoms with van der Waals surface area (Å²) in [5.74, 6) is 0. The van der Waals surface area contributed by atoms with E-state index >= 15 is 0 Å². The van der Waals surface area contributed by atoms with Crippen molar-refractivity contribution in [2.75, 3.05) is 19.8 Å².